The molecule has 0 rings (SSSR count). The van der Waals surface area contributed by atoms with Crippen LogP contribution >= 0.6 is 0 Å². The van der Waals surface area contributed by atoms with Crippen molar-refractivity contribution in [2.75, 3.05) is 0 Å². The van der Waals surface area contributed by atoms with E-state index in [1.165, 1.54) is 218 Å². The van der Waals surface area contributed by atoms with E-state index in [0.29, 0.717) is 0 Å². The largest absolute Gasteiger partial charge is 0.240 e. The molecule has 0 N–H and O–H groups in total. The third-order valence-electron chi connectivity index (χ3n) is 9.60. The summed E-state index contributed by atoms with van der Waals surface area (Å²) in [5.41, 5.74) is 0. The molecule has 0 aromatic carbocycles. The maximum absolute atomic E-state index is 14.0. The minimum absolute atomic E-state index is 0.275. The fourth-order valence-corrected chi connectivity index (χ4v) is 6.56. The fourth-order valence-electron chi connectivity index (χ4n) is 6.56. The molecule has 253 valence electrons. The highest BCUT2D eigenvalue weighted by molar-refractivity contribution is 4.75. The summed E-state index contributed by atoms with van der Waals surface area (Å²) in [7, 11) is 0. The molecule has 0 spiro atoms. The van der Waals surface area contributed by atoms with Gasteiger partial charge in [-0.1, -0.05) is 245 Å². The van der Waals surface area contributed by atoms with Crippen LogP contribution in [0.1, 0.15) is 258 Å². The Hall–Kier alpha value is -0.0700. The van der Waals surface area contributed by atoms with Gasteiger partial charge in [0, 0.05) is 0 Å². The number of hydrogen-bond donors (Lipinski definition) is 0. The molecule has 0 aliphatic carbocycles. The molecule has 0 saturated carbocycles. The lowest BCUT2D eigenvalue weighted by Gasteiger charge is -2.07. The molecule has 0 aromatic rings. The van der Waals surface area contributed by atoms with Crippen molar-refractivity contribution in [3.8, 4) is 0 Å². The molecule has 0 unspecified atom stereocenters. The molecule has 0 fully saturated rings. The zero-order valence-corrected chi connectivity index (χ0v) is 29.7. The van der Waals surface area contributed by atoms with Crippen LogP contribution in [-0.2, 0) is 0 Å². The first kappa shape index (κ1) is 41.9. The van der Waals surface area contributed by atoms with Gasteiger partial charge in [0.05, 0.1) is 0 Å². The monoisotopic (exact) mass is 594 g/mol. The Morgan fingerprint density at radius 2 is 0.381 bits per heavy atom. The van der Waals surface area contributed by atoms with Gasteiger partial charge < -0.3 is 0 Å². The smallest absolute Gasteiger partial charge is 0.144 e. The first-order valence-electron chi connectivity index (χ1n) is 20.3. The molecule has 0 saturated heterocycles. The van der Waals surface area contributed by atoms with Gasteiger partial charge in [0.2, 0.25) is 0 Å². The van der Waals surface area contributed by atoms with Crippen molar-refractivity contribution in [3.63, 3.8) is 0 Å². The van der Waals surface area contributed by atoms with Crippen LogP contribution in [0, 0.1) is 6.17 Å². The second-order valence-electron chi connectivity index (χ2n) is 14.0. The highest BCUT2D eigenvalue weighted by Crippen LogP contribution is 2.22. The van der Waals surface area contributed by atoms with Crippen LogP contribution in [0.5, 0.6) is 0 Å². The molecule has 1 radical (unpaired) electrons. The summed E-state index contributed by atoms with van der Waals surface area (Å²) in [6.45, 7) is 4.58. The van der Waals surface area contributed by atoms with Crippen LogP contribution in [0.4, 0.5) is 4.39 Å². The van der Waals surface area contributed by atoms with Crippen molar-refractivity contribution in [1.29, 1.82) is 0 Å². The predicted octanol–water partition coefficient (Wildman–Crippen LogP) is 16.4. The highest BCUT2D eigenvalue weighted by atomic mass is 19.1. The molecule has 0 heterocycles. The van der Waals surface area contributed by atoms with Gasteiger partial charge in [-0.2, -0.15) is 0 Å². The SMILES string of the molecule is CCCCCCCCCCCCCCCCCCCCCCCCCCCCC[C](F)CCCCCCCCCCC. The lowest BCUT2D eigenvalue weighted by molar-refractivity contribution is 0.397. The van der Waals surface area contributed by atoms with Gasteiger partial charge in [-0.3, -0.25) is 0 Å². The Kier molecular flexibility index (Phi) is 38.9. The highest BCUT2D eigenvalue weighted by Gasteiger charge is 2.07. The van der Waals surface area contributed by atoms with Crippen LogP contribution in [-0.4, -0.2) is 0 Å². The molecular weight excluding hydrogens is 511 g/mol. The van der Waals surface area contributed by atoms with E-state index in [2.05, 4.69) is 13.8 Å². The molecule has 0 bridgehead atoms. The lowest BCUT2D eigenvalue weighted by Crippen LogP contribution is -1.91. The second kappa shape index (κ2) is 39.0. The Morgan fingerprint density at radius 1 is 0.238 bits per heavy atom. The molecule has 42 heavy (non-hydrogen) atoms. The van der Waals surface area contributed by atoms with Gasteiger partial charge in [-0.15, -0.1) is 0 Å². The summed E-state index contributed by atoms with van der Waals surface area (Å²) in [4.78, 5) is 0. The second-order valence-corrected chi connectivity index (χ2v) is 14.0. The summed E-state index contributed by atoms with van der Waals surface area (Å²) < 4.78 is 14.0. The maximum Gasteiger partial charge on any atom is 0.144 e. The third kappa shape index (κ3) is 38.0. The number of unbranched alkanes of at least 4 members (excludes halogenated alkanes) is 34. The predicted molar refractivity (Wildman–Crippen MR) is 191 cm³/mol. The van der Waals surface area contributed by atoms with Crippen molar-refractivity contribution in [2.45, 2.75) is 258 Å². The Labute approximate surface area is 268 Å². The average molecular weight is 594 g/mol. The van der Waals surface area contributed by atoms with E-state index >= 15 is 0 Å². The molecule has 0 amide bonds. The van der Waals surface area contributed by atoms with Gasteiger partial charge in [0.25, 0.3) is 0 Å². The number of halogens is 1. The Balaban J connectivity index is 3.10. The van der Waals surface area contributed by atoms with Crippen LogP contribution in [0.2, 0.25) is 0 Å². The minimum atomic E-state index is 0.275. The Bertz CT molecular complexity index is 446. The van der Waals surface area contributed by atoms with E-state index in [4.69, 9.17) is 0 Å². The quantitative estimate of drug-likeness (QED) is 0.0625. The first-order valence-corrected chi connectivity index (χ1v) is 20.3. The summed E-state index contributed by atoms with van der Waals surface area (Å²) in [6, 6.07) is 0. The summed E-state index contributed by atoms with van der Waals surface area (Å²) >= 11 is 0. The van der Waals surface area contributed by atoms with E-state index < -0.39 is 0 Å². The molecule has 0 atom stereocenters. The third-order valence-corrected chi connectivity index (χ3v) is 9.60. The first-order chi connectivity index (χ1) is 20.8. The van der Waals surface area contributed by atoms with Gasteiger partial charge in [0.15, 0.2) is 0 Å². The fraction of sp³-hybridized carbons (Fsp3) is 0.976. The van der Waals surface area contributed by atoms with Crippen molar-refractivity contribution in [1.82, 2.24) is 0 Å². The normalized spacial score (nSPS) is 11.7. The lowest BCUT2D eigenvalue weighted by atomic mass is 10.0. The molecule has 0 aliphatic rings. The molecule has 0 aliphatic heterocycles. The van der Waals surface area contributed by atoms with Gasteiger partial charge in [0.1, 0.15) is 6.17 Å². The van der Waals surface area contributed by atoms with Crippen molar-refractivity contribution >= 4 is 0 Å². The van der Waals surface area contributed by atoms with E-state index in [1.807, 2.05) is 0 Å². The average Bonchev–Trinajstić information content (AvgIpc) is 3.00. The van der Waals surface area contributed by atoms with E-state index in [1.54, 1.807) is 0 Å². The molecule has 0 aromatic heterocycles. The van der Waals surface area contributed by atoms with Crippen molar-refractivity contribution < 1.29 is 4.39 Å². The van der Waals surface area contributed by atoms with E-state index in [9.17, 15) is 4.39 Å². The van der Waals surface area contributed by atoms with Gasteiger partial charge >= 0.3 is 0 Å². The summed E-state index contributed by atoms with van der Waals surface area (Å²) in [6.07, 6.45) is 52.1. The van der Waals surface area contributed by atoms with Crippen LogP contribution in [0.15, 0.2) is 0 Å². The summed E-state index contributed by atoms with van der Waals surface area (Å²) in [5, 5.41) is 0. The molecular formula is C41H82F. The maximum atomic E-state index is 14.0. The topological polar surface area (TPSA) is 0 Å². The molecule has 1 heteroatoms. The van der Waals surface area contributed by atoms with E-state index in [-0.39, 0.29) is 6.17 Å². The van der Waals surface area contributed by atoms with Crippen molar-refractivity contribution in [3.05, 3.63) is 6.17 Å². The van der Waals surface area contributed by atoms with E-state index in [0.717, 1.165) is 25.7 Å². The van der Waals surface area contributed by atoms with Gasteiger partial charge in [-0.25, -0.2) is 4.39 Å². The Morgan fingerprint density at radius 3 is 0.548 bits per heavy atom. The zero-order chi connectivity index (χ0) is 30.4. The number of rotatable bonds is 38. The number of hydrogen-bond acceptors (Lipinski definition) is 0. The van der Waals surface area contributed by atoms with Crippen LogP contribution in [0.25, 0.3) is 0 Å². The minimum Gasteiger partial charge on any atom is -0.240 e. The molecule has 0 nitrogen and oxygen atoms in total. The van der Waals surface area contributed by atoms with Crippen LogP contribution in [0.3, 0.4) is 0 Å². The van der Waals surface area contributed by atoms with Gasteiger partial charge in [-0.05, 0) is 12.8 Å². The van der Waals surface area contributed by atoms with Crippen molar-refractivity contribution in [2.24, 2.45) is 0 Å². The zero-order valence-electron chi connectivity index (χ0n) is 29.7. The standard InChI is InChI=1S/C41H82F/c1-3-5-7-9-11-13-14-15-16-17-18-19-20-21-22-23-24-25-26-27-28-29-30-32-34-36-38-40-41(42)39-37-35-33-31-12-10-8-6-4-2/h3-40H2,1-2H3. The van der Waals surface area contributed by atoms with Crippen LogP contribution < -0.4 is 0 Å². The summed E-state index contributed by atoms with van der Waals surface area (Å²) in [5.74, 6) is 0.